The average Bonchev–Trinajstić information content (AvgIpc) is 2.08. The molecule has 4 nitrogen and oxygen atoms in total. The van der Waals surface area contributed by atoms with Gasteiger partial charge in [-0.3, -0.25) is 9.59 Å². The molecule has 0 aliphatic heterocycles. The zero-order valence-electron chi connectivity index (χ0n) is 9.86. The zero-order chi connectivity index (χ0) is 12.3. The first kappa shape index (κ1) is 16.2. The summed E-state index contributed by atoms with van der Waals surface area (Å²) in [6, 6.07) is 0. The molecule has 0 unspecified atom stereocenters. The Morgan fingerprint density at radius 2 is 1.53 bits per heavy atom. The maximum atomic E-state index is 11.9. The SMILES string of the molecule is C=C1CC(C(=O)O)C1.O=C(O)C1CC(F)C1.[Li]. The summed E-state index contributed by atoms with van der Waals surface area (Å²) in [7, 11) is 0. The smallest absolute Gasteiger partial charge is 0.307 e. The maximum Gasteiger partial charge on any atom is 0.307 e. The van der Waals surface area contributed by atoms with Crippen LogP contribution in [-0.2, 0) is 9.59 Å². The molecule has 2 fully saturated rings. The summed E-state index contributed by atoms with van der Waals surface area (Å²) >= 11 is 0. The van der Waals surface area contributed by atoms with Crippen LogP contribution in [0.2, 0.25) is 0 Å². The van der Waals surface area contributed by atoms with E-state index < -0.39 is 24.0 Å². The Kier molecular flexibility index (Phi) is 6.51. The van der Waals surface area contributed by atoms with Gasteiger partial charge < -0.3 is 10.2 Å². The molecule has 2 rings (SSSR count). The van der Waals surface area contributed by atoms with Gasteiger partial charge >= 0.3 is 11.9 Å². The van der Waals surface area contributed by atoms with Gasteiger partial charge in [-0.15, -0.1) is 0 Å². The molecular formula is C11H15FLiO4. The van der Waals surface area contributed by atoms with Crippen LogP contribution < -0.4 is 0 Å². The quantitative estimate of drug-likeness (QED) is 0.563. The largest absolute Gasteiger partial charge is 0.481 e. The van der Waals surface area contributed by atoms with Gasteiger partial charge in [0.2, 0.25) is 0 Å². The molecule has 0 spiro atoms. The second-order valence-electron chi connectivity index (χ2n) is 4.30. The van der Waals surface area contributed by atoms with Crippen molar-refractivity contribution in [1.29, 1.82) is 0 Å². The molecule has 0 aromatic carbocycles. The molecule has 17 heavy (non-hydrogen) atoms. The Balaban J connectivity index is 0.000000284. The second kappa shape index (κ2) is 6.83. The Bertz CT molecular complexity index is 305. The number of hydrogen-bond acceptors (Lipinski definition) is 2. The minimum absolute atomic E-state index is 0. The van der Waals surface area contributed by atoms with Crippen LogP contribution in [0.4, 0.5) is 4.39 Å². The molecule has 1 radical (unpaired) electrons. The van der Waals surface area contributed by atoms with E-state index in [0.29, 0.717) is 12.8 Å². The van der Waals surface area contributed by atoms with E-state index >= 15 is 0 Å². The summed E-state index contributed by atoms with van der Waals surface area (Å²) in [6.45, 7) is 3.63. The third-order valence-electron chi connectivity index (χ3n) is 2.85. The van der Waals surface area contributed by atoms with Gasteiger partial charge in [0.1, 0.15) is 6.17 Å². The van der Waals surface area contributed by atoms with E-state index in [0.717, 1.165) is 5.57 Å². The first-order valence-electron chi connectivity index (χ1n) is 5.16. The Hall–Kier alpha value is -0.793. The van der Waals surface area contributed by atoms with E-state index in [1.807, 2.05) is 0 Å². The summed E-state index contributed by atoms with van der Waals surface area (Å²) in [5.41, 5.74) is 1.07. The van der Waals surface area contributed by atoms with Crippen LogP contribution in [0.25, 0.3) is 0 Å². The third kappa shape index (κ3) is 4.93. The number of halogens is 1. The van der Waals surface area contributed by atoms with E-state index in [4.69, 9.17) is 10.2 Å². The zero-order valence-corrected chi connectivity index (χ0v) is 9.86. The van der Waals surface area contributed by atoms with Crippen molar-refractivity contribution in [3.05, 3.63) is 12.2 Å². The normalized spacial score (nSPS) is 26.5. The van der Waals surface area contributed by atoms with E-state index in [1.54, 1.807) is 0 Å². The predicted octanol–water partition coefficient (Wildman–Crippen LogP) is 1.48. The monoisotopic (exact) mass is 237 g/mol. The second-order valence-corrected chi connectivity index (χ2v) is 4.30. The van der Waals surface area contributed by atoms with Gasteiger partial charge in [0.15, 0.2) is 0 Å². The van der Waals surface area contributed by atoms with Crippen molar-refractivity contribution in [2.75, 3.05) is 0 Å². The van der Waals surface area contributed by atoms with Crippen molar-refractivity contribution in [3.8, 4) is 0 Å². The number of alkyl halides is 1. The van der Waals surface area contributed by atoms with Gasteiger partial charge in [0.05, 0.1) is 11.8 Å². The number of hydrogen-bond donors (Lipinski definition) is 2. The van der Waals surface area contributed by atoms with Gasteiger partial charge in [-0.2, -0.15) is 0 Å². The van der Waals surface area contributed by atoms with Crippen LogP contribution in [-0.4, -0.2) is 47.2 Å². The molecule has 2 aliphatic rings. The molecule has 0 atom stereocenters. The van der Waals surface area contributed by atoms with Gasteiger partial charge in [-0.05, 0) is 25.7 Å². The van der Waals surface area contributed by atoms with Crippen LogP contribution in [0.1, 0.15) is 25.7 Å². The number of carbonyl (C=O) groups is 2. The van der Waals surface area contributed by atoms with Crippen molar-refractivity contribution < 1.29 is 24.2 Å². The molecule has 0 saturated heterocycles. The Morgan fingerprint density at radius 3 is 1.65 bits per heavy atom. The molecule has 2 N–H and O–H groups in total. The average molecular weight is 237 g/mol. The molecule has 91 valence electrons. The topological polar surface area (TPSA) is 74.6 Å². The Labute approximate surface area is 111 Å². The molecule has 6 heteroatoms. The first-order chi connectivity index (χ1) is 7.40. The van der Waals surface area contributed by atoms with Crippen LogP contribution in [0.5, 0.6) is 0 Å². The third-order valence-corrected chi connectivity index (χ3v) is 2.85. The molecular weight excluding hydrogens is 222 g/mol. The van der Waals surface area contributed by atoms with Crippen molar-refractivity contribution in [2.24, 2.45) is 11.8 Å². The van der Waals surface area contributed by atoms with Crippen LogP contribution in [0.15, 0.2) is 12.2 Å². The summed E-state index contributed by atoms with van der Waals surface area (Å²) in [6.07, 6.45) is 0.964. The molecule has 0 aromatic rings. The Morgan fingerprint density at radius 1 is 1.12 bits per heavy atom. The van der Waals surface area contributed by atoms with Crippen LogP contribution >= 0.6 is 0 Å². The fraction of sp³-hybridized carbons (Fsp3) is 0.636. The molecule has 0 aromatic heterocycles. The maximum absolute atomic E-state index is 11.9. The number of carboxylic acid groups (broad SMARTS) is 2. The van der Waals surface area contributed by atoms with Crippen molar-refractivity contribution in [1.82, 2.24) is 0 Å². The number of carboxylic acids is 2. The van der Waals surface area contributed by atoms with Gasteiger partial charge in [-0.1, -0.05) is 12.2 Å². The van der Waals surface area contributed by atoms with Gasteiger partial charge in [-0.25, -0.2) is 4.39 Å². The summed E-state index contributed by atoms with van der Waals surface area (Å²) in [4.78, 5) is 20.0. The summed E-state index contributed by atoms with van der Waals surface area (Å²) in [5, 5.41) is 16.5. The molecule has 0 bridgehead atoms. The number of aliphatic carboxylic acids is 2. The van der Waals surface area contributed by atoms with E-state index in [-0.39, 0.29) is 37.6 Å². The van der Waals surface area contributed by atoms with E-state index in [2.05, 4.69) is 6.58 Å². The van der Waals surface area contributed by atoms with Crippen molar-refractivity contribution >= 4 is 30.8 Å². The summed E-state index contributed by atoms with van der Waals surface area (Å²) < 4.78 is 11.9. The number of allylic oxidation sites excluding steroid dienone is 1. The fourth-order valence-corrected chi connectivity index (χ4v) is 1.56. The fourth-order valence-electron chi connectivity index (χ4n) is 1.56. The molecule has 2 aliphatic carbocycles. The van der Waals surface area contributed by atoms with E-state index in [9.17, 15) is 14.0 Å². The van der Waals surface area contributed by atoms with Gasteiger partial charge in [0, 0.05) is 18.9 Å². The number of rotatable bonds is 2. The van der Waals surface area contributed by atoms with Crippen molar-refractivity contribution in [2.45, 2.75) is 31.9 Å². The van der Waals surface area contributed by atoms with E-state index in [1.165, 1.54) is 0 Å². The molecule has 0 amide bonds. The molecule has 0 heterocycles. The van der Waals surface area contributed by atoms with Crippen LogP contribution in [0.3, 0.4) is 0 Å². The van der Waals surface area contributed by atoms with Crippen LogP contribution in [0, 0.1) is 11.8 Å². The summed E-state index contributed by atoms with van der Waals surface area (Å²) in [5.74, 6) is -2.07. The standard InChI is InChI=1S/C6H8O2.C5H7FO2.Li/c1-4-2-5(3-4)6(7)8;6-4-1-3(2-4)5(7)8;/h5H,1-3H2,(H,7,8);3-4H,1-2H2,(H,7,8);. The first-order valence-corrected chi connectivity index (χ1v) is 5.16. The van der Waals surface area contributed by atoms with Gasteiger partial charge in [0.25, 0.3) is 0 Å². The molecule has 2 saturated carbocycles. The van der Waals surface area contributed by atoms with Crippen molar-refractivity contribution in [3.63, 3.8) is 0 Å². The predicted molar refractivity (Wildman–Crippen MR) is 60.5 cm³/mol. The minimum atomic E-state index is -0.862. The minimum Gasteiger partial charge on any atom is -0.481 e.